The molecule has 0 nitrogen and oxygen atoms in total. The molecule has 0 atom stereocenters. The minimum absolute atomic E-state index is 0. The molecule has 1 heteroatoms. The van der Waals surface area contributed by atoms with Gasteiger partial charge in [-0.05, 0) is 0 Å². The third kappa shape index (κ3) is 83200. The summed E-state index contributed by atoms with van der Waals surface area (Å²) < 4.78 is 0. The third-order valence-electron chi connectivity index (χ3n) is 0. The lowest BCUT2D eigenvalue weighted by atomic mass is 12.0. The van der Waals surface area contributed by atoms with Crippen LogP contribution in [0.5, 0.6) is 0 Å². The van der Waals surface area contributed by atoms with Gasteiger partial charge >= 0.3 is 0 Å². The zero-order chi connectivity index (χ0) is 0. The van der Waals surface area contributed by atoms with E-state index in [1.165, 1.54) is 0 Å². The first-order valence-corrected chi connectivity index (χ1v) is 0. The minimum Gasteiger partial charge on any atom is -0.197 e. The Morgan fingerprint density at radius 1 is 0.0833 bits per heavy atom. The van der Waals surface area contributed by atoms with E-state index in [0.29, 0.717) is 0 Å². The van der Waals surface area contributed by atoms with Crippen molar-refractivity contribution in [3.05, 3.63) is 0 Å². The molecule has 0 aromatic carbocycles. The van der Waals surface area contributed by atoms with E-state index in [4.69, 9.17) is 0 Å². The van der Waals surface area contributed by atoms with Gasteiger partial charge in [0.25, 0.3) is 0 Å². The lowest BCUT2D eigenvalue weighted by Crippen LogP contribution is 0.143. The average Bonchev–Trinajstić information content (AvgIpc) is 0. The first kappa shape index (κ1) is 108000. The summed E-state index contributed by atoms with van der Waals surface area (Å²) in [6.45, 7) is 0. The summed E-state index contributed by atoms with van der Waals surface area (Å²) >= 11 is 0. The van der Waals surface area contributed by atoms with E-state index in [2.05, 4.69) is 0 Å². The summed E-state index contributed by atoms with van der Waals surface area (Å²) in [4.78, 5) is 0. The van der Waals surface area contributed by atoms with Gasteiger partial charge in [0, 0.05) is 0 Å². The molecule has 0 N–H and O–H groups in total. The highest BCUT2D eigenvalue weighted by Crippen LogP contribution is 0.648. The summed E-state index contributed by atoms with van der Waals surface area (Å²) in [7, 11) is 0. The van der Waals surface area contributed by atoms with Gasteiger partial charge in [-0.1, -0.05) is 171 Å². The fourth-order valence-electron chi connectivity index (χ4n) is 0. The zero-order valence-electron chi connectivity index (χ0n) is 0.500. The molecule has 0 aliphatic rings. The van der Waals surface area contributed by atoms with Crippen LogP contribution in [0.4, 0.5) is 0 Å². The quantitative estimate of drug-likeness (QED) is 0.377. The minimum atomic E-state index is 0. The van der Waals surface area contributed by atoms with E-state index in [9.17, 15) is 0 Å². The van der Waals surface area contributed by atoms with E-state index >= 15 is 0 Å². The van der Waals surface area contributed by atoms with Crippen molar-refractivity contribution in [1.29, 1.82) is 0 Å². The van der Waals surface area contributed by atoms with Crippen molar-refractivity contribution < 1.29 is 0 Å². The van der Waals surface area contributed by atoms with Gasteiger partial charge in [-0.2, -0.15) is 13.5 Å². The Labute approximate surface area is 184 Å². The molecule has 0 aliphatic carbocycles. The van der Waals surface area contributed by atoms with Gasteiger partial charge < -0.3 is 0 Å². The van der Waals surface area contributed by atoms with Crippen molar-refractivity contribution in [1.82, 2.24) is 0 Å². The van der Waals surface area contributed by atoms with Gasteiger partial charge in [0.1, 0.15) is 0 Å². The Hall–Kier alpha value is 0.350. The van der Waals surface area contributed by atoms with Gasteiger partial charge in [0.05, 0.1) is 0 Å². The molecule has 24 heavy (non-hydrogen) atoms. The second-order valence-electron chi connectivity index (χ2n) is 0. The predicted molar refractivity (Wildman–Crippen MR) is 165 cm³/mol. The molecule has 0 fully saturated rings. The van der Waals surface area contributed by atoms with Crippen LogP contribution in [-0.4, -0.2) is 0 Å². The van der Waals surface area contributed by atoms with Crippen LogP contribution < -0.4 is 0 Å². The van der Waals surface area contributed by atoms with Crippen molar-refractivity contribution in [3.8, 4) is 0 Å². The molecule has 0 saturated heterocycles. The Morgan fingerprint density at radius 3 is 0.0833 bits per heavy atom. The fourth-order valence-corrected chi connectivity index (χ4v) is 0. The molecular formula is C23H94S. The second-order valence-corrected chi connectivity index (χ2v) is 0. The second kappa shape index (κ2) is 95200. The van der Waals surface area contributed by atoms with Gasteiger partial charge in [-0.15, -0.1) is 0 Å². The number of hydrogen-bond donors (Lipinski definition) is 0. The third-order valence-corrected chi connectivity index (χ3v) is 0. The Bertz CT molecular complexity index is 6.00. The van der Waals surface area contributed by atoms with Crippen LogP contribution >= 0.6 is 13.5 Å². The normalized spacial score (nSPS) is 0. The molecule has 0 amide bonds. The van der Waals surface area contributed by atoms with E-state index in [1.54, 1.807) is 0 Å². The average molecular weight is 403 g/mol. The Morgan fingerprint density at radius 2 is 0.0833 bits per heavy atom. The van der Waals surface area contributed by atoms with Gasteiger partial charge in [0.2, 0.25) is 0 Å². The van der Waals surface area contributed by atoms with E-state index in [-0.39, 0.29) is 184 Å². The fraction of sp³-hybridized carbons (Fsp3) is 1.00. The van der Waals surface area contributed by atoms with E-state index < -0.39 is 0 Å². The predicted octanol–water partition coefficient (Wildman–Crippen LogP) is 14.7. The molecule has 0 radical (unpaired) electrons. The lowest BCUT2D eigenvalue weighted by Gasteiger charge is -0.197. The first-order chi connectivity index (χ1) is 0. The lowest BCUT2D eigenvalue weighted by molar-refractivity contribution is 2.50. The van der Waals surface area contributed by atoms with E-state index in [0.717, 1.165) is 0 Å². The van der Waals surface area contributed by atoms with Crippen LogP contribution in [-0.2, 0) is 0 Å². The molecule has 0 heterocycles. The van der Waals surface area contributed by atoms with Gasteiger partial charge in [-0.25, -0.2) is 0 Å². The molecular weight excluding hydrogens is 308 g/mol. The largest absolute Gasteiger partial charge is 0.197 e. The topological polar surface area (TPSA) is 0 Å². The van der Waals surface area contributed by atoms with Crippen molar-refractivity contribution in [3.63, 3.8) is 0 Å². The van der Waals surface area contributed by atoms with Crippen molar-refractivity contribution in [2.24, 2.45) is 0 Å². The molecule has 192 valence electrons. The highest BCUT2D eigenvalue weighted by atomic mass is 32.1. The first-order valence-electron chi connectivity index (χ1n) is 0. The van der Waals surface area contributed by atoms with Crippen LogP contribution in [0.15, 0.2) is 0 Å². The summed E-state index contributed by atoms with van der Waals surface area (Å²) in [6, 6.07) is 0. The van der Waals surface area contributed by atoms with Crippen LogP contribution in [0.3, 0.4) is 0 Å². The van der Waals surface area contributed by atoms with Crippen molar-refractivity contribution in [2.45, 2.75) is 171 Å². The molecule has 0 aromatic heterocycles. The number of hydrogen-bond acceptors (Lipinski definition) is 0. The smallest absolute Gasteiger partial charge is 0.0776 e. The monoisotopic (exact) mass is 403 g/mol. The summed E-state index contributed by atoms with van der Waals surface area (Å²) in [5.41, 5.74) is 0. The van der Waals surface area contributed by atoms with Crippen LogP contribution in [0.25, 0.3) is 0 Å². The van der Waals surface area contributed by atoms with Crippen molar-refractivity contribution >= 4 is 13.5 Å². The van der Waals surface area contributed by atoms with Gasteiger partial charge in [0.15, 0.2) is 0 Å². The standard InChI is InChI=1S/23CH4.H2S/h23*1H4;1H2. The summed E-state index contributed by atoms with van der Waals surface area (Å²) in [5, 5.41) is 0. The Balaban J connectivity index is 0. The summed E-state index contributed by atoms with van der Waals surface area (Å²) in [5.74, 6) is 0. The number of rotatable bonds is 0. The molecule has 0 saturated carbocycles. The molecule has 0 bridgehead atoms. The SMILES string of the molecule is C.C.C.C.C.C.C.C.C.C.C.C.C.C.C.C.C.C.C.C.C.C.C.S. The van der Waals surface area contributed by atoms with Gasteiger partial charge in [-0.3, -0.25) is 0 Å². The van der Waals surface area contributed by atoms with E-state index in [1.807, 2.05) is 0 Å². The molecule has 0 aliphatic heterocycles. The Kier molecular flexibility index (Phi) is 430000000. The molecule has 0 unspecified atom stereocenters. The molecule has 0 aromatic rings. The molecule has 0 spiro atoms. The maximum Gasteiger partial charge on any atom is -0.0776 e. The molecule has 0 rings (SSSR count). The van der Waals surface area contributed by atoms with Crippen LogP contribution in [0.1, 0.15) is 171 Å². The van der Waals surface area contributed by atoms with Crippen LogP contribution in [0, 0.1) is 0 Å². The zero-order valence-corrected chi connectivity index (χ0v) is 1.50. The van der Waals surface area contributed by atoms with Crippen molar-refractivity contribution in [2.75, 3.05) is 0 Å². The maximum absolute atomic E-state index is 0. The highest BCUT2D eigenvalue weighted by molar-refractivity contribution is 7.59. The summed E-state index contributed by atoms with van der Waals surface area (Å²) in [6.07, 6.45) is 0. The highest BCUT2D eigenvalue weighted by Gasteiger charge is -0.0554. The van der Waals surface area contributed by atoms with Crippen LogP contribution in [0.2, 0.25) is 0 Å². The maximum atomic E-state index is 0.